The van der Waals surface area contributed by atoms with Gasteiger partial charge in [-0.05, 0) is 85.0 Å². The summed E-state index contributed by atoms with van der Waals surface area (Å²) in [4.78, 5) is 22.7. The van der Waals surface area contributed by atoms with Crippen molar-refractivity contribution in [1.82, 2.24) is 9.97 Å². The first-order chi connectivity index (χ1) is 16.5. The number of aromatic nitrogens is 2. The monoisotopic (exact) mass is 446 g/mol. The Balaban J connectivity index is 0.00000117. The fraction of sp³-hybridized carbons (Fsp3) is 0.138. The highest BCUT2D eigenvalue weighted by molar-refractivity contribution is 6.15. The molecule has 34 heavy (non-hydrogen) atoms. The summed E-state index contributed by atoms with van der Waals surface area (Å²) in [5, 5.41) is 5.32. The lowest BCUT2D eigenvalue weighted by molar-refractivity contribution is 0.102. The van der Waals surface area contributed by atoms with Crippen molar-refractivity contribution >= 4 is 39.1 Å². The van der Waals surface area contributed by atoms with Crippen molar-refractivity contribution in [2.45, 2.75) is 27.7 Å². The third kappa shape index (κ3) is 3.55. The number of nitrogens with one attached hydrogen (secondary N) is 1. The third-order valence-electron chi connectivity index (χ3n) is 5.94. The minimum absolute atomic E-state index is 0.198. The lowest BCUT2D eigenvalue weighted by Gasteiger charge is -2.08. The second kappa shape index (κ2) is 8.27. The van der Waals surface area contributed by atoms with E-state index in [4.69, 9.17) is 15.7 Å². The van der Waals surface area contributed by atoms with Crippen molar-refractivity contribution in [3.63, 3.8) is 0 Å². The van der Waals surface area contributed by atoms with Gasteiger partial charge in [0.15, 0.2) is 0 Å². The van der Waals surface area contributed by atoms with E-state index in [0.29, 0.717) is 22.5 Å². The number of anilines is 2. The molecule has 0 spiro atoms. The molecule has 1 aliphatic carbocycles. The summed E-state index contributed by atoms with van der Waals surface area (Å²) >= 11 is 0. The van der Waals surface area contributed by atoms with Gasteiger partial charge in [-0.3, -0.25) is 4.79 Å². The predicted octanol–water partition coefficient (Wildman–Crippen LogP) is 6.91. The van der Waals surface area contributed by atoms with E-state index < -0.39 is 0 Å². The number of benzene rings is 4. The zero-order valence-electron chi connectivity index (χ0n) is 19.7. The van der Waals surface area contributed by atoms with Crippen molar-refractivity contribution < 1.29 is 4.79 Å². The summed E-state index contributed by atoms with van der Waals surface area (Å²) in [6, 6.07) is 21.3. The van der Waals surface area contributed by atoms with Gasteiger partial charge in [0.25, 0.3) is 5.91 Å². The van der Waals surface area contributed by atoms with E-state index in [1.54, 1.807) is 36.4 Å². The third-order valence-corrected chi connectivity index (χ3v) is 5.94. The number of amides is 1. The van der Waals surface area contributed by atoms with Gasteiger partial charge < -0.3 is 11.1 Å². The highest BCUT2D eigenvalue weighted by atomic mass is 16.1. The van der Waals surface area contributed by atoms with Gasteiger partial charge in [-0.25, -0.2) is 9.97 Å². The lowest BCUT2D eigenvalue weighted by atomic mass is 9.99. The fourth-order valence-corrected chi connectivity index (χ4v) is 4.53. The molecule has 1 amide bonds. The van der Waals surface area contributed by atoms with E-state index in [0.717, 1.165) is 28.0 Å². The summed E-state index contributed by atoms with van der Waals surface area (Å²) in [7, 11) is 0. The molecule has 5 heteroatoms. The van der Waals surface area contributed by atoms with Gasteiger partial charge in [0.2, 0.25) is 0 Å². The van der Waals surface area contributed by atoms with Crippen LogP contribution in [0.15, 0.2) is 66.7 Å². The van der Waals surface area contributed by atoms with E-state index >= 15 is 0 Å². The maximum Gasteiger partial charge on any atom is 0.255 e. The van der Waals surface area contributed by atoms with Gasteiger partial charge in [-0.15, -0.1) is 0 Å². The molecule has 0 radical (unpaired) electrons. The maximum absolute atomic E-state index is 12.8. The Bertz CT molecular complexity index is 1580. The average molecular weight is 447 g/mol. The average Bonchev–Trinajstić information content (AvgIpc) is 3.12. The quantitative estimate of drug-likeness (QED) is 0.283. The summed E-state index contributed by atoms with van der Waals surface area (Å²) < 4.78 is 0. The van der Waals surface area contributed by atoms with Crippen LogP contribution in [0.4, 0.5) is 11.4 Å². The van der Waals surface area contributed by atoms with Crippen LogP contribution in [0.5, 0.6) is 0 Å². The number of aryl methyl sites for hydroxylation is 2. The number of nitrogens with zero attached hydrogens (tertiary/aromatic N) is 2. The van der Waals surface area contributed by atoms with Gasteiger partial charge >= 0.3 is 0 Å². The molecule has 1 aromatic heterocycles. The van der Waals surface area contributed by atoms with E-state index in [-0.39, 0.29) is 5.91 Å². The number of carbonyl (C=O) groups excluding carboxylic acids is 1. The van der Waals surface area contributed by atoms with Crippen molar-refractivity contribution in [2.75, 3.05) is 11.1 Å². The van der Waals surface area contributed by atoms with Gasteiger partial charge in [0.1, 0.15) is 0 Å². The Hall–Kier alpha value is -4.25. The van der Waals surface area contributed by atoms with Crippen LogP contribution in [0.3, 0.4) is 0 Å². The highest BCUT2D eigenvalue weighted by Gasteiger charge is 2.25. The number of nitrogen functional groups attached to an aromatic ring is 1. The first-order valence-electron chi connectivity index (χ1n) is 11.5. The Labute approximate surface area is 198 Å². The number of rotatable bonds is 2. The predicted molar refractivity (Wildman–Crippen MR) is 141 cm³/mol. The molecule has 5 nitrogen and oxygen atoms in total. The lowest BCUT2D eigenvalue weighted by Crippen LogP contribution is -2.12. The zero-order chi connectivity index (χ0) is 24.0. The van der Waals surface area contributed by atoms with Gasteiger partial charge in [-0.2, -0.15) is 0 Å². The fourth-order valence-electron chi connectivity index (χ4n) is 4.53. The van der Waals surface area contributed by atoms with Crippen LogP contribution in [0, 0.1) is 13.8 Å². The van der Waals surface area contributed by atoms with E-state index in [1.807, 2.05) is 19.9 Å². The van der Waals surface area contributed by atoms with E-state index in [1.165, 1.54) is 21.9 Å². The number of carbonyl (C=O) groups is 1. The topological polar surface area (TPSA) is 80.9 Å². The smallest absolute Gasteiger partial charge is 0.255 e. The molecule has 0 fully saturated rings. The van der Waals surface area contributed by atoms with Gasteiger partial charge in [-0.1, -0.05) is 26.0 Å². The van der Waals surface area contributed by atoms with Gasteiger partial charge in [0.05, 0.1) is 22.4 Å². The second-order valence-electron chi connectivity index (χ2n) is 8.42. The molecular weight excluding hydrogens is 420 g/mol. The molecule has 0 aliphatic heterocycles. The van der Waals surface area contributed by atoms with Crippen LogP contribution in [0.2, 0.25) is 0 Å². The normalized spacial score (nSPS) is 11.2. The summed E-state index contributed by atoms with van der Waals surface area (Å²) in [6.45, 7) is 8.21. The van der Waals surface area contributed by atoms with Crippen LogP contribution < -0.4 is 11.1 Å². The molecule has 4 aromatic carbocycles. The van der Waals surface area contributed by atoms with Crippen LogP contribution in [0.25, 0.3) is 44.3 Å². The largest absolute Gasteiger partial charge is 0.399 e. The number of nitrogens with two attached hydrogens (primary N) is 1. The first kappa shape index (κ1) is 21.6. The van der Waals surface area contributed by atoms with E-state index in [2.05, 4.69) is 43.4 Å². The van der Waals surface area contributed by atoms with Crippen molar-refractivity contribution in [2.24, 2.45) is 0 Å². The molecule has 1 heterocycles. The van der Waals surface area contributed by atoms with Crippen molar-refractivity contribution in [1.29, 1.82) is 0 Å². The summed E-state index contributed by atoms with van der Waals surface area (Å²) in [6.07, 6.45) is 0. The molecule has 1 aliphatic rings. The molecule has 168 valence electrons. The molecular formula is C29H26N4O. The molecule has 0 bridgehead atoms. The van der Waals surface area contributed by atoms with E-state index in [9.17, 15) is 4.79 Å². The number of hydrogen-bond acceptors (Lipinski definition) is 4. The maximum atomic E-state index is 12.8. The van der Waals surface area contributed by atoms with Crippen LogP contribution in [0.1, 0.15) is 35.3 Å². The first-order valence-corrected chi connectivity index (χ1v) is 11.5. The Morgan fingerprint density at radius 2 is 1.35 bits per heavy atom. The molecule has 0 saturated heterocycles. The number of fused-ring (bicyclic) bond motifs is 4. The summed E-state index contributed by atoms with van der Waals surface area (Å²) in [5.41, 5.74) is 15.5. The van der Waals surface area contributed by atoms with Crippen LogP contribution in [-0.2, 0) is 0 Å². The molecule has 0 atom stereocenters. The Morgan fingerprint density at radius 3 is 1.97 bits per heavy atom. The Morgan fingerprint density at radius 1 is 0.765 bits per heavy atom. The summed E-state index contributed by atoms with van der Waals surface area (Å²) in [5.74, 6) is -0.198. The number of hydrogen-bond donors (Lipinski definition) is 2. The standard InChI is InChI=1S/C27H20N4O.C2H6/c1-14-9-17-10-15(2)12-21-24(17)20(11-14)25-26(21)31-23-13-16(3-8-22(23)30-25)27(32)29-19-6-4-18(28)5-7-19;1-2/h3-13H,28H2,1-2H3,(H,29,32);1-2H3. The van der Waals surface area contributed by atoms with Crippen molar-refractivity contribution in [3.8, 4) is 22.5 Å². The molecule has 6 rings (SSSR count). The molecule has 5 aromatic rings. The Kier molecular flexibility index (Phi) is 5.25. The highest BCUT2D eigenvalue weighted by Crippen LogP contribution is 2.46. The van der Waals surface area contributed by atoms with Crippen molar-refractivity contribution in [3.05, 3.63) is 83.4 Å². The molecule has 0 unspecified atom stereocenters. The molecule has 0 saturated carbocycles. The minimum atomic E-state index is -0.198. The van der Waals surface area contributed by atoms with Gasteiger partial charge in [0, 0.05) is 33.5 Å². The van der Waals surface area contributed by atoms with Crippen LogP contribution >= 0.6 is 0 Å². The zero-order valence-corrected chi connectivity index (χ0v) is 19.7. The SMILES string of the molecule is CC.Cc1cc2c3c(cc(C)cc3c1)-c1nc3cc(C(=O)Nc4ccc(N)cc4)ccc3nc1-2. The molecule has 3 N–H and O–H groups in total. The van der Waals surface area contributed by atoms with Crippen LogP contribution in [-0.4, -0.2) is 15.9 Å². The second-order valence-corrected chi connectivity index (χ2v) is 8.42. The minimum Gasteiger partial charge on any atom is -0.399 e.